The summed E-state index contributed by atoms with van der Waals surface area (Å²) < 4.78 is 0. The Labute approximate surface area is 95.5 Å². The van der Waals surface area contributed by atoms with E-state index < -0.39 is 0 Å². The predicted octanol–water partition coefficient (Wildman–Crippen LogP) is 3.17. The molecule has 0 aliphatic carbocycles. The molecule has 0 unspecified atom stereocenters. The van der Waals surface area contributed by atoms with Crippen molar-refractivity contribution in [2.45, 2.75) is 52.9 Å². The molecule has 0 saturated heterocycles. The fourth-order valence-electron chi connectivity index (χ4n) is 2.19. The van der Waals surface area contributed by atoms with E-state index in [2.05, 4.69) is 46.8 Å². The summed E-state index contributed by atoms with van der Waals surface area (Å²) in [5.41, 5.74) is 4.98. The van der Waals surface area contributed by atoms with Crippen LogP contribution >= 0.6 is 0 Å². The molecule has 2 radical (unpaired) electrons. The van der Waals surface area contributed by atoms with Crippen molar-refractivity contribution in [1.29, 1.82) is 0 Å². The molecule has 0 aliphatic heterocycles. The second-order valence-electron chi connectivity index (χ2n) is 5.10. The third kappa shape index (κ3) is 2.45. The second kappa shape index (κ2) is 4.43. The minimum absolute atomic E-state index is 0.192. The summed E-state index contributed by atoms with van der Waals surface area (Å²) in [7, 11) is 6.20. The first-order valence-electron chi connectivity index (χ1n) is 5.76. The van der Waals surface area contributed by atoms with Gasteiger partial charge in [-0.2, -0.15) is 0 Å². The molecule has 0 N–H and O–H groups in total. The monoisotopic (exact) mass is 200 g/mol. The molecule has 1 aromatic rings. The van der Waals surface area contributed by atoms with Gasteiger partial charge < -0.3 is 0 Å². The van der Waals surface area contributed by atoms with Crippen LogP contribution in [0.2, 0.25) is 0 Å². The molecule has 0 heterocycles. The van der Waals surface area contributed by atoms with E-state index in [1.54, 1.807) is 0 Å². The standard InChI is InChI=1S/C14H21B/c1-6-9-14(4,5)12-8-7-10(2)11(3)13(12)15/h7-8H,6,9H2,1-5H3. The molecule has 0 aliphatic rings. The molecule has 0 atom stereocenters. The van der Waals surface area contributed by atoms with Gasteiger partial charge in [0.05, 0.1) is 0 Å². The van der Waals surface area contributed by atoms with E-state index in [1.807, 2.05) is 0 Å². The first kappa shape index (κ1) is 12.4. The van der Waals surface area contributed by atoms with Crippen LogP contribution in [0.5, 0.6) is 0 Å². The predicted molar refractivity (Wildman–Crippen MR) is 69.2 cm³/mol. The van der Waals surface area contributed by atoms with Gasteiger partial charge in [-0.05, 0) is 36.8 Å². The van der Waals surface area contributed by atoms with E-state index in [1.165, 1.54) is 29.5 Å². The lowest BCUT2D eigenvalue weighted by Gasteiger charge is -2.28. The van der Waals surface area contributed by atoms with Crippen LogP contribution in [0.15, 0.2) is 12.1 Å². The Hall–Kier alpha value is -0.715. The van der Waals surface area contributed by atoms with Crippen molar-refractivity contribution >= 4 is 13.3 Å². The molecule has 0 spiro atoms. The quantitative estimate of drug-likeness (QED) is 0.657. The van der Waals surface area contributed by atoms with Crippen LogP contribution < -0.4 is 5.46 Å². The molecule has 0 aromatic heterocycles. The van der Waals surface area contributed by atoms with Crippen molar-refractivity contribution in [3.8, 4) is 0 Å². The van der Waals surface area contributed by atoms with Gasteiger partial charge in [0.25, 0.3) is 0 Å². The Kier molecular flexibility index (Phi) is 3.65. The molecule has 0 nitrogen and oxygen atoms in total. The third-order valence-corrected chi connectivity index (χ3v) is 3.39. The zero-order chi connectivity index (χ0) is 11.6. The Morgan fingerprint density at radius 1 is 1.20 bits per heavy atom. The fourth-order valence-corrected chi connectivity index (χ4v) is 2.19. The number of benzene rings is 1. The van der Waals surface area contributed by atoms with Crippen LogP contribution in [0, 0.1) is 13.8 Å². The topological polar surface area (TPSA) is 0 Å². The molecular formula is C14H21B. The van der Waals surface area contributed by atoms with Crippen molar-refractivity contribution in [2.75, 3.05) is 0 Å². The van der Waals surface area contributed by atoms with E-state index in [9.17, 15) is 0 Å². The fraction of sp³-hybridized carbons (Fsp3) is 0.571. The smallest absolute Gasteiger partial charge is 0.0899 e. The molecule has 15 heavy (non-hydrogen) atoms. The van der Waals surface area contributed by atoms with Crippen LogP contribution in [-0.4, -0.2) is 7.85 Å². The van der Waals surface area contributed by atoms with E-state index in [0.29, 0.717) is 0 Å². The average Bonchev–Trinajstić information content (AvgIpc) is 2.13. The van der Waals surface area contributed by atoms with E-state index >= 15 is 0 Å². The zero-order valence-electron chi connectivity index (χ0n) is 10.6. The van der Waals surface area contributed by atoms with Gasteiger partial charge in [-0.25, -0.2) is 0 Å². The van der Waals surface area contributed by atoms with Crippen LogP contribution in [0.4, 0.5) is 0 Å². The number of aryl methyl sites for hydroxylation is 1. The summed E-state index contributed by atoms with van der Waals surface area (Å²) in [5, 5.41) is 0. The number of hydrogen-bond acceptors (Lipinski definition) is 0. The Morgan fingerprint density at radius 3 is 2.33 bits per heavy atom. The largest absolute Gasteiger partial charge is 0.114 e. The first-order valence-corrected chi connectivity index (χ1v) is 5.76. The van der Waals surface area contributed by atoms with Gasteiger partial charge in [0, 0.05) is 0 Å². The van der Waals surface area contributed by atoms with Crippen molar-refractivity contribution in [2.24, 2.45) is 0 Å². The lowest BCUT2D eigenvalue weighted by molar-refractivity contribution is 0.475. The molecule has 0 saturated carbocycles. The molecule has 1 heteroatoms. The molecule has 80 valence electrons. The Morgan fingerprint density at radius 2 is 1.80 bits per heavy atom. The maximum absolute atomic E-state index is 6.20. The van der Waals surface area contributed by atoms with E-state index in [0.717, 1.165) is 5.46 Å². The van der Waals surface area contributed by atoms with Crippen molar-refractivity contribution < 1.29 is 0 Å². The molecule has 0 amide bonds. The normalized spacial score (nSPS) is 11.8. The Bertz CT molecular complexity index is 351. The lowest BCUT2D eigenvalue weighted by atomic mass is 9.71. The van der Waals surface area contributed by atoms with E-state index in [4.69, 9.17) is 7.85 Å². The van der Waals surface area contributed by atoms with Crippen LogP contribution in [-0.2, 0) is 5.41 Å². The maximum Gasteiger partial charge on any atom is 0.114 e. The molecule has 0 fully saturated rings. The Balaban J connectivity index is 3.21. The number of rotatable bonds is 3. The molecular weight excluding hydrogens is 179 g/mol. The minimum Gasteiger partial charge on any atom is -0.0899 e. The molecule has 0 bridgehead atoms. The highest BCUT2D eigenvalue weighted by atomic mass is 14.3. The maximum atomic E-state index is 6.20. The van der Waals surface area contributed by atoms with E-state index in [-0.39, 0.29) is 5.41 Å². The average molecular weight is 200 g/mol. The van der Waals surface area contributed by atoms with Crippen molar-refractivity contribution in [3.05, 3.63) is 28.8 Å². The zero-order valence-corrected chi connectivity index (χ0v) is 10.6. The lowest BCUT2D eigenvalue weighted by Crippen LogP contribution is -2.28. The molecule has 1 aromatic carbocycles. The third-order valence-electron chi connectivity index (χ3n) is 3.39. The first-order chi connectivity index (χ1) is 6.90. The van der Waals surface area contributed by atoms with Gasteiger partial charge in [-0.15, -0.1) is 0 Å². The van der Waals surface area contributed by atoms with Crippen LogP contribution in [0.1, 0.15) is 50.3 Å². The van der Waals surface area contributed by atoms with Gasteiger partial charge in [0.2, 0.25) is 0 Å². The van der Waals surface area contributed by atoms with Crippen molar-refractivity contribution in [1.82, 2.24) is 0 Å². The summed E-state index contributed by atoms with van der Waals surface area (Å²) in [6, 6.07) is 4.37. The van der Waals surface area contributed by atoms with Crippen molar-refractivity contribution in [3.63, 3.8) is 0 Å². The van der Waals surface area contributed by atoms with Crippen LogP contribution in [0.3, 0.4) is 0 Å². The highest BCUT2D eigenvalue weighted by Crippen LogP contribution is 2.27. The highest BCUT2D eigenvalue weighted by Gasteiger charge is 2.21. The minimum atomic E-state index is 0.192. The van der Waals surface area contributed by atoms with Gasteiger partial charge in [0.15, 0.2) is 0 Å². The summed E-state index contributed by atoms with van der Waals surface area (Å²) >= 11 is 0. The SMILES string of the molecule is [B]c1c(C(C)(C)CCC)ccc(C)c1C. The summed E-state index contributed by atoms with van der Waals surface area (Å²) in [5.74, 6) is 0. The summed E-state index contributed by atoms with van der Waals surface area (Å²) in [6.45, 7) is 11.0. The summed E-state index contributed by atoms with van der Waals surface area (Å²) in [6.07, 6.45) is 2.37. The van der Waals surface area contributed by atoms with Gasteiger partial charge in [-0.1, -0.05) is 50.4 Å². The molecule has 1 rings (SSSR count). The highest BCUT2D eigenvalue weighted by molar-refractivity contribution is 6.34. The van der Waals surface area contributed by atoms with Gasteiger partial charge in [0.1, 0.15) is 7.85 Å². The summed E-state index contributed by atoms with van der Waals surface area (Å²) in [4.78, 5) is 0. The van der Waals surface area contributed by atoms with Gasteiger partial charge in [-0.3, -0.25) is 0 Å². The van der Waals surface area contributed by atoms with Crippen LogP contribution in [0.25, 0.3) is 0 Å². The second-order valence-corrected chi connectivity index (χ2v) is 5.10. The van der Waals surface area contributed by atoms with Gasteiger partial charge >= 0.3 is 0 Å². The number of hydrogen-bond donors (Lipinski definition) is 0.